The van der Waals surface area contributed by atoms with Crippen molar-refractivity contribution >= 4 is 29.8 Å². The highest BCUT2D eigenvalue weighted by Gasteiger charge is 2.29. The van der Waals surface area contributed by atoms with Crippen molar-refractivity contribution in [3.63, 3.8) is 0 Å². The third-order valence-corrected chi connectivity index (χ3v) is 14.0. The molecule has 35 heavy (non-hydrogen) atoms. The van der Waals surface area contributed by atoms with Gasteiger partial charge >= 0.3 is 0 Å². The van der Waals surface area contributed by atoms with E-state index >= 15 is 0 Å². The van der Waals surface area contributed by atoms with Gasteiger partial charge in [-0.05, 0) is 48.5 Å². The molecule has 2 heteroatoms. The van der Waals surface area contributed by atoms with E-state index in [-0.39, 0.29) is 0 Å². The van der Waals surface area contributed by atoms with Crippen LogP contribution in [0.2, 0.25) is 6.32 Å². The molecule has 0 N–H and O–H groups in total. The van der Waals surface area contributed by atoms with Crippen LogP contribution in [0.5, 0.6) is 0 Å². The molecule has 0 fully saturated rings. The third kappa shape index (κ3) is 7.33. The van der Waals surface area contributed by atoms with E-state index < -0.39 is 13.4 Å². The van der Waals surface area contributed by atoms with E-state index in [0.717, 1.165) is 0 Å². The number of aryl methyl sites for hydroxylation is 3. The lowest BCUT2D eigenvalue weighted by Gasteiger charge is -2.43. The van der Waals surface area contributed by atoms with Gasteiger partial charge in [-0.15, -0.1) is 0 Å². The zero-order valence-electron chi connectivity index (χ0n) is 23.9. The van der Waals surface area contributed by atoms with Crippen molar-refractivity contribution in [2.75, 3.05) is 24.6 Å². The molecule has 0 nitrogen and oxygen atoms in total. The number of benzene rings is 3. The molecule has 3 aromatic rings. The lowest BCUT2D eigenvalue weighted by molar-refractivity contribution is 0.874. The average Bonchev–Trinajstić information content (AvgIpc) is 2.89. The van der Waals surface area contributed by atoms with Crippen LogP contribution in [0.3, 0.4) is 0 Å². The fourth-order valence-corrected chi connectivity index (χ4v) is 8.30. The zero-order valence-corrected chi connectivity index (χ0v) is 24.8. The molecule has 0 amide bonds. The first kappa shape index (κ1) is 29.4. The summed E-state index contributed by atoms with van der Waals surface area (Å²) in [7, 11) is -0.420. The van der Waals surface area contributed by atoms with Crippen LogP contribution in [0.1, 0.15) is 64.2 Å². The quantitative estimate of drug-likeness (QED) is 0.201. The van der Waals surface area contributed by atoms with E-state index in [1.165, 1.54) is 76.9 Å². The highest BCUT2D eigenvalue weighted by Crippen LogP contribution is 2.57. The molecular weight excluding hydrogens is 438 g/mol. The fraction of sp³-hybridized carbons (Fsp3) is 0.455. The predicted octanol–water partition coefficient (Wildman–Crippen LogP) is 7.97. The molecule has 0 aliphatic carbocycles. The van der Waals surface area contributed by atoms with Gasteiger partial charge in [0.2, 0.25) is 0 Å². The number of unbranched alkanes of at least 4 members (excludes halogenated alkanes) is 1. The summed E-state index contributed by atoms with van der Waals surface area (Å²) >= 11 is 0. The summed E-state index contributed by atoms with van der Waals surface area (Å²) in [6.07, 6.45) is 8.50. The Morgan fingerprint density at radius 3 is 0.971 bits per heavy atom. The lowest BCUT2D eigenvalue weighted by atomic mass is 9.14. The molecule has 0 aliphatic rings. The lowest BCUT2D eigenvalue weighted by Crippen LogP contribution is -2.67. The third-order valence-electron chi connectivity index (χ3n) is 8.61. The summed E-state index contributed by atoms with van der Waals surface area (Å²) in [6.45, 7) is 18.2. The first-order valence-corrected chi connectivity index (χ1v) is 16.6. The maximum Gasteiger partial charge on any atom is 0.0814 e. The topological polar surface area (TPSA) is 0 Å². The van der Waals surface area contributed by atoms with Gasteiger partial charge in [0, 0.05) is 7.26 Å². The van der Waals surface area contributed by atoms with Gasteiger partial charge in [0.1, 0.15) is 0 Å². The molecule has 0 unspecified atom stereocenters. The molecule has 0 bridgehead atoms. The highest BCUT2D eigenvalue weighted by atomic mass is 31.2. The minimum atomic E-state index is -0.957. The van der Waals surface area contributed by atoms with Crippen LogP contribution in [-0.4, -0.2) is 30.8 Å². The smallest absolute Gasteiger partial charge is 0.0814 e. The molecule has 0 spiro atoms. The Kier molecular flexibility index (Phi) is 11.8. The van der Waals surface area contributed by atoms with Crippen LogP contribution in [0, 0.1) is 20.8 Å². The average molecular weight is 489 g/mol. The van der Waals surface area contributed by atoms with Crippen LogP contribution in [0.25, 0.3) is 0 Å². The molecule has 0 aromatic heterocycles. The van der Waals surface area contributed by atoms with Gasteiger partial charge in [-0.1, -0.05) is 109 Å². The second-order valence-corrected chi connectivity index (χ2v) is 15.7. The summed E-state index contributed by atoms with van der Waals surface area (Å²) < 4.78 is 0. The van der Waals surface area contributed by atoms with Crippen molar-refractivity contribution in [3.8, 4) is 0 Å². The molecular formula is C33H50BP. The molecule has 3 rings (SSSR count). The first-order valence-electron chi connectivity index (χ1n) is 14.0. The molecule has 0 heterocycles. The number of hydrogen-bond acceptors (Lipinski definition) is 0. The maximum absolute atomic E-state index is 2.35. The Morgan fingerprint density at radius 2 is 0.771 bits per heavy atom. The van der Waals surface area contributed by atoms with Crippen molar-refractivity contribution in [1.82, 2.24) is 0 Å². The van der Waals surface area contributed by atoms with Gasteiger partial charge in [0.05, 0.1) is 30.8 Å². The van der Waals surface area contributed by atoms with Gasteiger partial charge in [-0.2, -0.15) is 22.7 Å². The number of hydrogen-bond donors (Lipinski definition) is 0. The molecule has 0 saturated carbocycles. The Bertz CT molecular complexity index is 854. The molecule has 3 aromatic carbocycles. The van der Waals surface area contributed by atoms with Crippen molar-refractivity contribution < 1.29 is 0 Å². The first-order chi connectivity index (χ1) is 16.8. The van der Waals surface area contributed by atoms with E-state index in [4.69, 9.17) is 0 Å². The van der Waals surface area contributed by atoms with Crippen LogP contribution in [0.15, 0.2) is 72.8 Å². The van der Waals surface area contributed by atoms with Gasteiger partial charge in [0.15, 0.2) is 0 Å². The Labute approximate surface area is 218 Å². The maximum atomic E-state index is 2.35. The SMILES string of the molecule is CCCC[B-](c1ccc(C)cc1)(c1ccc(C)cc1)c1ccc(C)cc1.CC[P+](CC)(CC)CC. The van der Waals surface area contributed by atoms with Crippen molar-refractivity contribution in [2.45, 2.75) is 74.6 Å². The summed E-state index contributed by atoms with van der Waals surface area (Å²) in [5.41, 5.74) is 8.33. The molecule has 0 atom stereocenters. The highest BCUT2D eigenvalue weighted by molar-refractivity contribution is 7.75. The summed E-state index contributed by atoms with van der Waals surface area (Å²) in [5, 5.41) is 0. The van der Waals surface area contributed by atoms with Crippen LogP contribution in [-0.2, 0) is 0 Å². The van der Waals surface area contributed by atoms with Gasteiger partial charge < -0.3 is 0 Å². The zero-order chi connectivity index (χ0) is 25.9. The minimum Gasteiger partial charge on any atom is -0.200 e. The van der Waals surface area contributed by atoms with Crippen molar-refractivity contribution in [1.29, 1.82) is 0 Å². The molecule has 0 aliphatic heterocycles. The van der Waals surface area contributed by atoms with Crippen molar-refractivity contribution in [3.05, 3.63) is 89.5 Å². The molecule has 190 valence electrons. The van der Waals surface area contributed by atoms with E-state index in [9.17, 15) is 0 Å². The summed E-state index contributed by atoms with van der Waals surface area (Å²) in [6, 6.07) is 27.7. The van der Waals surface area contributed by atoms with E-state index in [1.807, 2.05) is 0 Å². The van der Waals surface area contributed by atoms with Crippen LogP contribution >= 0.6 is 7.26 Å². The van der Waals surface area contributed by atoms with Crippen LogP contribution < -0.4 is 16.4 Å². The largest absolute Gasteiger partial charge is 0.200 e. The van der Waals surface area contributed by atoms with E-state index in [2.05, 4.69) is 128 Å². The minimum absolute atomic E-state index is 0.420. The second kappa shape index (κ2) is 14.0. The standard InChI is InChI=1S/C25H30B.C8H20P/c1-5-6-19-26(23-13-7-20(2)8-14-23,24-15-9-21(3)10-16-24)25-17-11-22(4)12-18-25;1-5-9(6-2,7-3)8-4/h7-18H,5-6,19H2,1-4H3;5-8H2,1-4H3/q-1;+1. The fourth-order valence-electron chi connectivity index (χ4n) is 5.61. The predicted molar refractivity (Wildman–Crippen MR) is 167 cm³/mol. The van der Waals surface area contributed by atoms with Crippen LogP contribution in [0.4, 0.5) is 0 Å². The monoisotopic (exact) mass is 488 g/mol. The number of rotatable bonds is 10. The van der Waals surface area contributed by atoms with E-state index in [1.54, 1.807) is 0 Å². The summed E-state index contributed by atoms with van der Waals surface area (Å²) in [4.78, 5) is 0. The van der Waals surface area contributed by atoms with Gasteiger partial charge in [-0.25, -0.2) is 0 Å². The second-order valence-electron chi connectivity index (χ2n) is 10.5. The molecule has 0 radical (unpaired) electrons. The molecule has 0 saturated heterocycles. The van der Waals surface area contributed by atoms with Crippen molar-refractivity contribution in [2.24, 2.45) is 0 Å². The van der Waals surface area contributed by atoms with Gasteiger partial charge in [-0.3, -0.25) is 0 Å². The Morgan fingerprint density at radius 1 is 0.486 bits per heavy atom. The Balaban J connectivity index is 0.000000410. The van der Waals surface area contributed by atoms with Gasteiger partial charge in [0.25, 0.3) is 0 Å². The Hall–Kier alpha value is -1.85. The van der Waals surface area contributed by atoms with E-state index in [0.29, 0.717) is 0 Å². The normalized spacial score (nSPS) is 11.7. The summed E-state index contributed by atoms with van der Waals surface area (Å²) in [5.74, 6) is 0.